The Hall–Kier alpha value is -3.42. The molecule has 0 bridgehead atoms. The van der Waals surface area contributed by atoms with Crippen molar-refractivity contribution in [2.24, 2.45) is 0 Å². The molecule has 0 aliphatic heterocycles. The van der Waals surface area contributed by atoms with Crippen LogP contribution in [0.25, 0.3) is 16.7 Å². The molecule has 0 saturated heterocycles. The number of H-pyrrole nitrogens is 1. The van der Waals surface area contributed by atoms with Crippen LogP contribution in [-0.4, -0.2) is 31.4 Å². The molecule has 0 fully saturated rings. The summed E-state index contributed by atoms with van der Waals surface area (Å²) in [6.07, 6.45) is 1.47. The van der Waals surface area contributed by atoms with Crippen LogP contribution < -0.4 is 10.9 Å². The van der Waals surface area contributed by atoms with E-state index in [9.17, 15) is 14.9 Å². The molecule has 0 saturated carbocycles. The van der Waals surface area contributed by atoms with E-state index in [4.69, 9.17) is 0 Å². The zero-order valence-corrected chi connectivity index (χ0v) is 17.7. The van der Waals surface area contributed by atoms with E-state index in [2.05, 4.69) is 26.5 Å². The molecule has 0 spiro atoms. The number of thiophene rings is 1. The van der Waals surface area contributed by atoms with Gasteiger partial charge in [-0.3, -0.25) is 9.59 Å². The molecule has 1 aromatic carbocycles. The zero-order chi connectivity index (χ0) is 21.3. The first-order valence-corrected chi connectivity index (χ1v) is 10.7. The van der Waals surface area contributed by atoms with Gasteiger partial charge in [-0.25, -0.2) is 9.67 Å². The number of fused-ring (bicyclic) bond motifs is 1. The summed E-state index contributed by atoms with van der Waals surface area (Å²) >= 11 is 2.48. The molecule has 10 heteroatoms. The Bertz CT molecular complexity index is 1350. The molecular formula is C20H16N6O2S2. The lowest BCUT2D eigenvalue weighted by atomic mass is 10.2. The number of hydrogen-bond donors (Lipinski definition) is 2. The van der Waals surface area contributed by atoms with Crippen molar-refractivity contribution in [2.45, 2.75) is 19.0 Å². The minimum atomic E-state index is -0.318. The molecule has 30 heavy (non-hydrogen) atoms. The van der Waals surface area contributed by atoms with Crippen molar-refractivity contribution >= 4 is 45.0 Å². The number of hydrogen-bond acceptors (Lipinski definition) is 7. The predicted molar refractivity (Wildman–Crippen MR) is 117 cm³/mol. The molecular weight excluding hydrogens is 420 g/mol. The maximum atomic E-state index is 12.4. The first-order valence-electron chi connectivity index (χ1n) is 8.94. The minimum Gasteiger partial charge on any atom is -0.316 e. The highest BCUT2D eigenvalue weighted by Crippen LogP contribution is 2.31. The van der Waals surface area contributed by atoms with E-state index >= 15 is 0 Å². The van der Waals surface area contributed by atoms with Crippen molar-refractivity contribution in [1.29, 1.82) is 5.26 Å². The fourth-order valence-electron chi connectivity index (χ4n) is 2.87. The largest absolute Gasteiger partial charge is 0.316 e. The number of aromatic amines is 1. The van der Waals surface area contributed by atoms with Gasteiger partial charge in [-0.05, 0) is 31.5 Å². The number of carbonyl (C=O) groups is 1. The van der Waals surface area contributed by atoms with Crippen molar-refractivity contribution < 1.29 is 4.79 Å². The van der Waals surface area contributed by atoms with Crippen LogP contribution >= 0.6 is 23.1 Å². The smallest absolute Gasteiger partial charge is 0.262 e. The number of carbonyl (C=O) groups excluding carboxylic acids is 1. The minimum absolute atomic E-state index is 0.0365. The van der Waals surface area contributed by atoms with Crippen LogP contribution in [0.4, 0.5) is 5.00 Å². The van der Waals surface area contributed by atoms with Crippen LogP contribution in [-0.2, 0) is 4.79 Å². The summed E-state index contributed by atoms with van der Waals surface area (Å²) in [4.78, 5) is 32.9. The standard InChI is InChI=1S/C20H16N6O2S2/c1-11-12(2)30-19(14(11)8-21)23-16(27)10-29-20-24-17-15(18(28)25-20)9-22-26(17)13-6-4-3-5-7-13/h3-7,9H,10H2,1-2H3,(H,23,27)(H,24,25,28). The van der Waals surface area contributed by atoms with E-state index in [0.717, 1.165) is 27.9 Å². The lowest BCUT2D eigenvalue weighted by Crippen LogP contribution is -2.15. The number of thioether (sulfide) groups is 1. The van der Waals surface area contributed by atoms with Crippen LogP contribution in [0.5, 0.6) is 0 Å². The first kappa shape index (κ1) is 19.9. The summed E-state index contributed by atoms with van der Waals surface area (Å²) in [6.45, 7) is 3.76. The lowest BCUT2D eigenvalue weighted by molar-refractivity contribution is -0.113. The number of anilines is 1. The second kappa shape index (κ2) is 8.14. The normalized spacial score (nSPS) is 10.8. The van der Waals surface area contributed by atoms with Gasteiger partial charge in [-0.1, -0.05) is 30.0 Å². The Balaban J connectivity index is 1.55. The summed E-state index contributed by atoms with van der Waals surface area (Å²) in [5.41, 5.74) is 2.24. The third kappa shape index (κ3) is 3.72. The number of para-hydroxylation sites is 1. The van der Waals surface area contributed by atoms with Gasteiger partial charge in [0.1, 0.15) is 16.5 Å². The van der Waals surface area contributed by atoms with E-state index in [-0.39, 0.29) is 17.2 Å². The molecule has 4 aromatic rings. The van der Waals surface area contributed by atoms with Crippen LogP contribution in [0.15, 0.2) is 46.5 Å². The highest BCUT2D eigenvalue weighted by Gasteiger charge is 2.16. The van der Waals surface area contributed by atoms with E-state index in [1.54, 1.807) is 4.68 Å². The van der Waals surface area contributed by atoms with Gasteiger partial charge in [0.15, 0.2) is 10.8 Å². The summed E-state index contributed by atoms with van der Waals surface area (Å²) < 4.78 is 1.59. The molecule has 0 atom stereocenters. The molecule has 0 aliphatic carbocycles. The number of rotatable bonds is 5. The van der Waals surface area contributed by atoms with Crippen molar-refractivity contribution in [3.05, 3.63) is 62.9 Å². The number of amides is 1. The Kier molecular flexibility index (Phi) is 5.39. The average molecular weight is 437 g/mol. The van der Waals surface area contributed by atoms with Crippen molar-refractivity contribution in [3.63, 3.8) is 0 Å². The molecule has 3 aromatic heterocycles. The molecule has 0 aliphatic rings. The van der Waals surface area contributed by atoms with E-state index in [1.165, 1.54) is 17.5 Å². The van der Waals surface area contributed by atoms with Gasteiger partial charge in [0, 0.05) is 4.88 Å². The number of aryl methyl sites for hydroxylation is 1. The van der Waals surface area contributed by atoms with Crippen molar-refractivity contribution in [1.82, 2.24) is 19.7 Å². The second-order valence-corrected chi connectivity index (χ2v) is 8.63. The quantitative estimate of drug-likeness (QED) is 0.366. The number of benzene rings is 1. The van der Waals surface area contributed by atoms with Gasteiger partial charge in [0.25, 0.3) is 5.56 Å². The molecule has 2 N–H and O–H groups in total. The highest BCUT2D eigenvalue weighted by molar-refractivity contribution is 7.99. The summed E-state index contributed by atoms with van der Waals surface area (Å²) in [5, 5.41) is 17.6. The summed E-state index contributed by atoms with van der Waals surface area (Å²) in [5.74, 6) is -0.244. The molecule has 0 unspecified atom stereocenters. The second-order valence-electron chi connectivity index (χ2n) is 6.44. The topological polar surface area (TPSA) is 116 Å². The Labute approximate surface area is 179 Å². The van der Waals surface area contributed by atoms with Crippen LogP contribution in [0.3, 0.4) is 0 Å². The molecule has 3 heterocycles. The fraction of sp³-hybridized carbons (Fsp3) is 0.150. The van der Waals surface area contributed by atoms with Gasteiger partial charge in [0.05, 0.1) is 23.2 Å². The number of nitriles is 1. The van der Waals surface area contributed by atoms with Crippen molar-refractivity contribution in [2.75, 3.05) is 11.1 Å². The van der Waals surface area contributed by atoms with Gasteiger partial charge < -0.3 is 10.3 Å². The SMILES string of the molecule is Cc1sc(NC(=O)CSc2nc3c(cnn3-c3ccccc3)c(=O)[nH]2)c(C#N)c1C. The molecule has 8 nitrogen and oxygen atoms in total. The average Bonchev–Trinajstić information content (AvgIpc) is 3.28. The molecule has 4 rings (SSSR count). The van der Waals surface area contributed by atoms with Crippen LogP contribution in [0.2, 0.25) is 0 Å². The monoisotopic (exact) mass is 436 g/mol. The Morgan fingerprint density at radius 3 is 2.83 bits per heavy atom. The van der Waals surface area contributed by atoms with E-state index in [0.29, 0.717) is 26.8 Å². The maximum Gasteiger partial charge on any atom is 0.262 e. The maximum absolute atomic E-state index is 12.4. The molecule has 150 valence electrons. The number of nitrogens with zero attached hydrogens (tertiary/aromatic N) is 4. The van der Waals surface area contributed by atoms with Crippen LogP contribution in [0, 0.1) is 25.2 Å². The Morgan fingerprint density at radius 2 is 2.10 bits per heavy atom. The first-order chi connectivity index (χ1) is 14.5. The van der Waals surface area contributed by atoms with Gasteiger partial charge >= 0.3 is 0 Å². The zero-order valence-electron chi connectivity index (χ0n) is 16.1. The number of aromatic nitrogens is 4. The van der Waals surface area contributed by atoms with Gasteiger partial charge in [0.2, 0.25) is 5.91 Å². The molecule has 1 amide bonds. The lowest BCUT2D eigenvalue weighted by Gasteiger charge is -2.05. The predicted octanol–water partition coefficient (Wildman–Crippen LogP) is 3.39. The van der Waals surface area contributed by atoms with Crippen LogP contribution in [0.1, 0.15) is 16.0 Å². The highest BCUT2D eigenvalue weighted by atomic mass is 32.2. The van der Waals surface area contributed by atoms with E-state index < -0.39 is 0 Å². The number of nitrogens with one attached hydrogen (secondary N) is 2. The summed E-state index contributed by atoms with van der Waals surface area (Å²) in [6, 6.07) is 11.5. The third-order valence-corrected chi connectivity index (χ3v) is 6.50. The molecule has 0 radical (unpaired) electrons. The van der Waals surface area contributed by atoms with Gasteiger partial charge in [-0.2, -0.15) is 10.4 Å². The van der Waals surface area contributed by atoms with Crippen molar-refractivity contribution in [3.8, 4) is 11.8 Å². The van der Waals surface area contributed by atoms with Gasteiger partial charge in [-0.15, -0.1) is 11.3 Å². The summed E-state index contributed by atoms with van der Waals surface area (Å²) in [7, 11) is 0. The third-order valence-electron chi connectivity index (χ3n) is 4.51. The Morgan fingerprint density at radius 1 is 1.33 bits per heavy atom. The fourth-order valence-corrected chi connectivity index (χ4v) is 4.55. The van der Waals surface area contributed by atoms with E-state index in [1.807, 2.05) is 44.2 Å².